The molecule has 0 aromatic heterocycles. The number of nitrogens with zero attached hydrogens (tertiary/aromatic N) is 1. The fraction of sp³-hybridized carbons (Fsp3) is 0.300. The van der Waals surface area contributed by atoms with E-state index in [1.54, 1.807) is 24.1 Å². The van der Waals surface area contributed by atoms with Crippen molar-refractivity contribution < 1.29 is 9.59 Å². The standard InChI is InChI=1S/C20H21N3O2S3/c24-18(13-4-9-17-16(12-13)22-19(25)20(26)27-17)21-14-5-7-15(8-6-14)28-23-10-2-1-3-11-23/h4-9,12,20,26H,1-3,10-11H2,(H,21,24)(H,22,25). The maximum Gasteiger partial charge on any atom is 0.255 e. The van der Waals surface area contributed by atoms with Crippen LogP contribution < -0.4 is 10.6 Å². The average molecular weight is 432 g/mol. The van der Waals surface area contributed by atoms with Gasteiger partial charge in [0, 0.05) is 34.1 Å². The van der Waals surface area contributed by atoms with E-state index in [1.165, 1.54) is 35.9 Å². The van der Waals surface area contributed by atoms with Crippen molar-refractivity contribution in [2.45, 2.75) is 33.6 Å². The monoisotopic (exact) mass is 431 g/mol. The van der Waals surface area contributed by atoms with Crippen LogP contribution in [0.2, 0.25) is 0 Å². The van der Waals surface area contributed by atoms with Crippen molar-refractivity contribution in [1.82, 2.24) is 4.31 Å². The second-order valence-electron chi connectivity index (χ2n) is 6.73. The van der Waals surface area contributed by atoms with Crippen molar-refractivity contribution in [3.63, 3.8) is 0 Å². The second-order valence-corrected chi connectivity index (χ2v) is 9.91. The smallest absolute Gasteiger partial charge is 0.255 e. The Kier molecular flexibility index (Phi) is 6.20. The Hall–Kier alpha value is -1.61. The average Bonchev–Trinajstić information content (AvgIpc) is 2.71. The highest BCUT2D eigenvalue weighted by atomic mass is 32.2. The molecule has 1 saturated heterocycles. The molecule has 5 nitrogen and oxygen atoms in total. The largest absolute Gasteiger partial charge is 0.323 e. The summed E-state index contributed by atoms with van der Waals surface area (Å²) in [5.41, 5.74) is 1.91. The number of hydrogen-bond donors (Lipinski definition) is 3. The normalized spacial score (nSPS) is 19.6. The van der Waals surface area contributed by atoms with Crippen LogP contribution in [0.25, 0.3) is 0 Å². The molecule has 1 unspecified atom stereocenters. The van der Waals surface area contributed by atoms with Crippen LogP contribution in [0, 0.1) is 0 Å². The van der Waals surface area contributed by atoms with Crippen molar-refractivity contribution in [3.8, 4) is 0 Å². The molecule has 2 N–H and O–H groups in total. The summed E-state index contributed by atoms with van der Waals surface area (Å²) >= 11 is 7.38. The predicted octanol–water partition coefficient (Wildman–Crippen LogP) is 4.73. The van der Waals surface area contributed by atoms with Gasteiger partial charge in [-0.15, -0.1) is 0 Å². The topological polar surface area (TPSA) is 61.4 Å². The van der Waals surface area contributed by atoms with Crippen LogP contribution in [0.15, 0.2) is 52.3 Å². The molecule has 1 atom stereocenters. The highest BCUT2D eigenvalue weighted by Gasteiger charge is 2.24. The lowest BCUT2D eigenvalue weighted by atomic mass is 10.1. The third-order valence-corrected chi connectivity index (χ3v) is 7.33. The zero-order valence-corrected chi connectivity index (χ0v) is 17.7. The minimum absolute atomic E-state index is 0.166. The number of carbonyl (C=O) groups is 2. The molecular weight excluding hydrogens is 410 g/mol. The van der Waals surface area contributed by atoms with Gasteiger partial charge in [-0.3, -0.25) is 9.59 Å². The number of amides is 2. The zero-order valence-electron chi connectivity index (χ0n) is 15.2. The van der Waals surface area contributed by atoms with Gasteiger partial charge in [0.15, 0.2) is 0 Å². The summed E-state index contributed by atoms with van der Waals surface area (Å²) in [7, 11) is 0. The van der Waals surface area contributed by atoms with E-state index >= 15 is 0 Å². The van der Waals surface area contributed by atoms with Gasteiger partial charge < -0.3 is 10.6 Å². The minimum Gasteiger partial charge on any atom is -0.323 e. The first-order chi connectivity index (χ1) is 13.6. The van der Waals surface area contributed by atoms with Crippen LogP contribution in [0.3, 0.4) is 0 Å². The molecule has 0 aliphatic carbocycles. The third-order valence-electron chi connectivity index (χ3n) is 4.62. The third kappa shape index (κ3) is 4.68. The molecule has 0 saturated carbocycles. The summed E-state index contributed by atoms with van der Waals surface area (Å²) in [6.07, 6.45) is 3.84. The van der Waals surface area contributed by atoms with E-state index in [-0.39, 0.29) is 11.8 Å². The molecule has 0 spiro atoms. The Labute approximate surface area is 178 Å². The molecule has 4 rings (SSSR count). The first kappa shape index (κ1) is 19.7. The summed E-state index contributed by atoms with van der Waals surface area (Å²) < 4.78 is 1.97. The number of carbonyl (C=O) groups excluding carboxylic acids is 2. The lowest BCUT2D eigenvalue weighted by Gasteiger charge is -2.25. The molecule has 146 valence electrons. The summed E-state index contributed by atoms with van der Waals surface area (Å²) in [5, 5.41) is 5.71. The van der Waals surface area contributed by atoms with Gasteiger partial charge in [-0.25, -0.2) is 4.31 Å². The first-order valence-corrected chi connectivity index (χ1v) is 11.4. The van der Waals surface area contributed by atoms with Gasteiger partial charge in [-0.2, -0.15) is 12.6 Å². The summed E-state index contributed by atoms with van der Waals surface area (Å²) in [6, 6.07) is 13.2. The van der Waals surface area contributed by atoms with E-state index < -0.39 is 4.58 Å². The van der Waals surface area contributed by atoms with Gasteiger partial charge in [-0.05, 0) is 67.3 Å². The fourth-order valence-electron chi connectivity index (χ4n) is 3.15. The van der Waals surface area contributed by atoms with Crippen molar-refractivity contribution in [3.05, 3.63) is 48.0 Å². The lowest BCUT2D eigenvalue weighted by molar-refractivity contribution is -0.114. The number of piperidine rings is 1. The molecule has 1 fully saturated rings. The van der Waals surface area contributed by atoms with Crippen LogP contribution in [-0.4, -0.2) is 33.8 Å². The molecule has 28 heavy (non-hydrogen) atoms. The number of thioether (sulfide) groups is 1. The molecule has 2 aromatic carbocycles. The van der Waals surface area contributed by atoms with Gasteiger partial charge >= 0.3 is 0 Å². The van der Waals surface area contributed by atoms with Gasteiger partial charge in [0.05, 0.1) is 5.69 Å². The molecule has 0 radical (unpaired) electrons. The van der Waals surface area contributed by atoms with Gasteiger partial charge in [0.1, 0.15) is 4.58 Å². The Bertz CT molecular complexity index is 883. The Balaban J connectivity index is 1.39. The number of fused-ring (bicyclic) bond motifs is 1. The van der Waals surface area contributed by atoms with E-state index in [2.05, 4.69) is 27.6 Å². The van der Waals surface area contributed by atoms with Crippen LogP contribution in [-0.2, 0) is 4.79 Å². The minimum atomic E-state index is -0.423. The molecular formula is C20H21N3O2S3. The van der Waals surface area contributed by atoms with E-state index in [4.69, 9.17) is 0 Å². The quantitative estimate of drug-likeness (QED) is 0.482. The molecule has 0 bridgehead atoms. The highest BCUT2D eigenvalue weighted by molar-refractivity contribution is 8.11. The summed E-state index contributed by atoms with van der Waals surface area (Å²) in [6.45, 7) is 2.26. The predicted molar refractivity (Wildman–Crippen MR) is 119 cm³/mol. The van der Waals surface area contributed by atoms with E-state index in [0.717, 1.165) is 23.7 Å². The zero-order chi connectivity index (χ0) is 19.5. The Morgan fingerprint density at radius 2 is 1.89 bits per heavy atom. The van der Waals surface area contributed by atoms with Crippen LogP contribution in [0.1, 0.15) is 29.6 Å². The number of thiol groups is 1. The molecule has 2 aliphatic rings. The van der Waals surface area contributed by atoms with Crippen molar-refractivity contribution in [2.24, 2.45) is 0 Å². The van der Waals surface area contributed by atoms with Crippen molar-refractivity contribution >= 4 is 59.5 Å². The lowest BCUT2D eigenvalue weighted by Crippen LogP contribution is -2.25. The number of anilines is 2. The number of nitrogens with one attached hydrogen (secondary N) is 2. The van der Waals surface area contributed by atoms with Crippen LogP contribution in [0.4, 0.5) is 11.4 Å². The van der Waals surface area contributed by atoms with Gasteiger partial charge in [0.2, 0.25) is 5.91 Å². The van der Waals surface area contributed by atoms with Crippen molar-refractivity contribution in [2.75, 3.05) is 23.7 Å². The SMILES string of the molecule is O=C(Nc1ccc(SN2CCCCC2)cc1)c1ccc2c(c1)NC(=O)C(S)S2. The first-order valence-electron chi connectivity index (χ1n) is 9.22. The Morgan fingerprint density at radius 1 is 1.14 bits per heavy atom. The Morgan fingerprint density at radius 3 is 2.64 bits per heavy atom. The summed E-state index contributed by atoms with van der Waals surface area (Å²) in [5.74, 6) is -0.369. The molecule has 2 heterocycles. The second kappa shape index (κ2) is 8.82. The van der Waals surface area contributed by atoms with Crippen LogP contribution >= 0.6 is 36.3 Å². The molecule has 2 aliphatic heterocycles. The number of benzene rings is 2. The van der Waals surface area contributed by atoms with Gasteiger partial charge in [0.25, 0.3) is 5.91 Å². The van der Waals surface area contributed by atoms with Gasteiger partial charge in [-0.1, -0.05) is 18.2 Å². The molecule has 2 aromatic rings. The molecule has 8 heteroatoms. The number of hydrogen-bond acceptors (Lipinski definition) is 6. The molecule has 2 amide bonds. The maximum atomic E-state index is 12.6. The van der Waals surface area contributed by atoms with E-state index in [0.29, 0.717) is 11.3 Å². The van der Waals surface area contributed by atoms with Crippen LogP contribution in [0.5, 0.6) is 0 Å². The summed E-state index contributed by atoms with van der Waals surface area (Å²) in [4.78, 5) is 26.5. The fourth-order valence-corrected chi connectivity index (χ4v) is 5.34. The van der Waals surface area contributed by atoms with E-state index in [1.807, 2.05) is 30.3 Å². The highest BCUT2D eigenvalue weighted by Crippen LogP contribution is 2.37. The van der Waals surface area contributed by atoms with E-state index in [9.17, 15) is 9.59 Å². The van der Waals surface area contributed by atoms with Crippen molar-refractivity contribution in [1.29, 1.82) is 0 Å². The number of rotatable bonds is 4. The maximum absolute atomic E-state index is 12.6.